The monoisotopic (exact) mass is 299 g/mol. The summed E-state index contributed by atoms with van der Waals surface area (Å²) in [6.07, 6.45) is 8.14. The van der Waals surface area contributed by atoms with E-state index >= 15 is 0 Å². The van der Waals surface area contributed by atoms with E-state index in [9.17, 15) is 9.59 Å². The maximum atomic E-state index is 12.5. The Balaban J connectivity index is 1.83. The number of hydrogen-bond donors (Lipinski definition) is 2. The van der Waals surface area contributed by atoms with Crippen molar-refractivity contribution in [1.82, 2.24) is 15.5 Å². The zero-order chi connectivity index (χ0) is 15.4. The zero-order valence-corrected chi connectivity index (χ0v) is 12.6. The molecule has 0 saturated heterocycles. The predicted octanol–water partition coefficient (Wildman–Crippen LogP) is 2.77. The number of nitrogens with zero attached hydrogens (tertiary/aromatic N) is 1. The third kappa shape index (κ3) is 3.18. The molecule has 0 radical (unpaired) electrons. The first kappa shape index (κ1) is 14.8. The number of rotatable bonds is 2. The van der Waals surface area contributed by atoms with Crippen molar-refractivity contribution in [3.8, 4) is 0 Å². The summed E-state index contributed by atoms with van der Waals surface area (Å²) in [5.41, 5.74) is 0.0374. The summed E-state index contributed by atoms with van der Waals surface area (Å²) in [5, 5.41) is 10.6. The van der Waals surface area contributed by atoms with Crippen molar-refractivity contribution >= 4 is 16.7 Å². The second-order valence-corrected chi connectivity index (χ2v) is 5.96. The first-order chi connectivity index (χ1) is 10.8. The Hall–Kier alpha value is -2.17. The molecule has 0 aliphatic heterocycles. The number of fused-ring (bicyclic) bond motifs is 1. The van der Waals surface area contributed by atoms with Crippen LogP contribution in [0.25, 0.3) is 10.8 Å². The van der Waals surface area contributed by atoms with Gasteiger partial charge >= 0.3 is 0 Å². The number of hydrogen-bond acceptors (Lipinski definition) is 3. The van der Waals surface area contributed by atoms with Crippen molar-refractivity contribution in [2.24, 2.45) is 0 Å². The van der Waals surface area contributed by atoms with E-state index < -0.39 is 0 Å². The smallest absolute Gasteiger partial charge is 0.272 e. The van der Waals surface area contributed by atoms with Crippen molar-refractivity contribution in [2.75, 3.05) is 0 Å². The highest BCUT2D eigenvalue weighted by Gasteiger charge is 2.18. The van der Waals surface area contributed by atoms with Crippen molar-refractivity contribution in [2.45, 2.75) is 51.0 Å². The number of nitrogens with one attached hydrogen (secondary N) is 2. The lowest BCUT2D eigenvalue weighted by atomic mass is 9.96. The molecule has 3 rings (SSSR count). The second kappa shape index (κ2) is 6.73. The van der Waals surface area contributed by atoms with Crippen LogP contribution in [0.3, 0.4) is 0 Å². The summed E-state index contributed by atoms with van der Waals surface area (Å²) in [7, 11) is 0. The molecule has 0 spiro atoms. The summed E-state index contributed by atoms with van der Waals surface area (Å²) >= 11 is 0. The standard InChI is InChI=1S/C17H21N3O2/c21-16-14-11-7-6-10-13(14)15(19-20-16)17(22)18-12-8-4-2-1-3-5-9-12/h6-7,10-12H,1-5,8-9H2,(H,18,22)(H,20,21). The molecule has 1 aliphatic rings. The highest BCUT2D eigenvalue weighted by Crippen LogP contribution is 2.18. The van der Waals surface area contributed by atoms with E-state index in [1.807, 2.05) is 6.07 Å². The topological polar surface area (TPSA) is 74.8 Å². The van der Waals surface area contributed by atoms with Gasteiger partial charge in [0.25, 0.3) is 11.5 Å². The SMILES string of the molecule is O=C(NC1CCCCCCC1)c1n[nH]c(=O)c2ccccc12. The average Bonchev–Trinajstić information content (AvgIpc) is 2.50. The predicted molar refractivity (Wildman–Crippen MR) is 85.9 cm³/mol. The van der Waals surface area contributed by atoms with Crippen LogP contribution in [0, 0.1) is 0 Å². The van der Waals surface area contributed by atoms with Crippen LogP contribution in [0.15, 0.2) is 29.1 Å². The van der Waals surface area contributed by atoms with Gasteiger partial charge in [-0.25, -0.2) is 5.10 Å². The summed E-state index contributed by atoms with van der Waals surface area (Å²) in [6.45, 7) is 0. The minimum absolute atomic E-state index is 0.196. The van der Waals surface area contributed by atoms with Gasteiger partial charge in [0.15, 0.2) is 5.69 Å². The van der Waals surface area contributed by atoms with Gasteiger partial charge in [-0.2, -0.15) is 5.10 Å². The van der Waals surface area contributed by atoms with Gasteiger partial charge < -0.3 is 5.32 Å². The Morgan fingerprint density at radius 3 is 2.41 bits per heavy atom. The van der Waals surface area contributed by atoms with Crippen LogP contribution >= 0.6 is 0 Å². The quantitative estimate of drug-likeness (QED) is 0.895. The van der Waals surface area contributed by atoms with Crippen LogP contribution < -0.4 is 10.9 Å². The highest BCUT2D eigenvalue weighted by atomic mass is 16.2. The zero-order valence-electron chi connectivity index (χ0n) is 12.6. The number of H-pyrrole nitrogens is 1. The van der Waals surface area contributed by atoms with Crippen molar-refractivity contribution in [1.29, 1.82) is 0 Å². The van der Waals surface area contributed by atoms with Crippen molar-refractivity contribution < 1.29 is 4.79 Å². The van der Waals surface area contributed by atoms with Crippen molar-refractivity contribution in [3.63, 3.8) is 0 Å². The Bertz CT molecular complexity index is 715. The highest BCUT2D eigenvalue weighted by molar-refractivity contribution is 6.04. The molecule has 2 aromatic rings. The Kier molecular flexibility index (Phi) is 4.51. The molecule has 1 aliphatic carbocycles. The lowest BCUT2D eigenvalue weighted by molar-refractivity contribution is 0.0926. The molecule has 1 aromatic carbocycles. The fraction of sp³-hybridized carbons (Fsp3) is 0.471. The lowest BCUT2D eigenvalue weighted by Crippen LogP contribution is -2.36. The third-order valence-electron chi connectivity index (χ3n) is 4.35. The third-order valence-corrected chi connectivity index (χ3v) is 4.35. The van der Waals surface area contributed by atoms with Crippen LogP contribution in [-0.4, -0.2) is 22.1 Å². The molecule has 2 N–H and O–H groups in total. The van der Waals surface area contributed by atoms with E-state index in [2.05, 4.69) is 15.5 Å². The summed E-state index contributed by atoms with van der Waals surface area (Å²) in [6, 6.07) is 7.29. The van der Waals surface area contributed by atoms with Crippen LogP contribution in [-0.2, 0) is 0 Å². The fourth-order valence-corrected chi connectivity index (χ4v) is 3.14. The van der Waals surface area contributed by atoms with E-state index in [0.717, 1.165) is 25.7 Å². The van der Waals surface area contributed by atoms with Gasteiger partial charge in [0.05, 0.1) is 5.39 Å². The van der Waals surface area contributed by atoms with Crippen LogP contribution in [0.4, 0.5) is 0 Å². The molecular weight excluding hydrogens is 278 g/mol. The van der Waals surface area contributed by atoms with Gasteiger partial charge in [-0.05, 0) is 18.9 Å². The van der Waals surface area contributed by atoms with Crippen LogP contribution in [0.1, 0.15) is 55.4 Å². The molecule has 0 bridgehead atoms. The number of benzene rings is 1. The fourth-order valence-electron chi connectivity index (χ4n) is 3.14. The molecular formula is C17H21N3O2. The molecule has 1 heterocycles. The van der Waals surface area contributed by atoms with E-state index in [0.29, 0.717) is 16.5 Å². The number of aromatic nitrogens is 2. The molecule has 22 heavy (non-hydrogen) atoms. The molecule has 0 atom stereocenters. The number of aromatic amines is 1. The maximum Gasteiger partial charge on any atom is 0.272 e. The number of carbonyl (C=O) groups is 1. The molecule has 5 heteroatoms. The Labute approximate surface area is 129 Å². The molecule has 5 nitrogen and oxygen atoms in total. The summed E-state index contributed by atoms with van der Waals surface area (Å²) < 4.78 is 0. The van der Waals surface area contributed by atoms with Gasteiger partial charge in [-0.15, -0.1) is 0 Å². The van der Waals surface area contributed by atoms with Crippen LogP contribution in [0.5, 0.6) is 0 Å². The minimum Gasteiger partial charge on any atom is -0.348 e. The molecule has 116 valence electrons. The van der Waals surface area contributed by atoms with Gasteiger partial charge in [0.2, 0.25) is 0 Å². The van der Waals surface area contributed by atoms with Crippen LogP contribution in [0.2, 0.25) is 0 Å². The van der Waals surface area contributed by atoms with Gasteiger partial charge in [0, 0.05) is 11.4 Å². The van der Waals surface area contributed by atoms with Crippen molar-refractivity contribution in [3.05, 3.63) is 40.3 Å². The lowest BCUT2D eigenvalue weighted by Gasteiger charge is -2.21. The number of carbonyl (C=O) groups excluding carboxylic acids is 1. The Morgan fingerprint density at radius 1 is 1.05 bits per heavy atom. The largest absolute Gasteiger partial charge is 0.348 e. The maximum absolute atomic E-state index is 12.5. The average molecular weight is 299 g/mol. The normalized spacial score (nSPS) is 16.9. The van der Waals surface area contributed by atoms with Gasteiger partial charge in [-0.1, -0.05) is 50.3 Å². The summed E-state index contributed by atoms with van der Waals surface area (Å²) in [5.74, 6) is -0.196. The summed E-state index contributed by atoms with van der Waals surface area (Å²) in [4.78, 5) is 24.3. The van der Waals surface area contributed by atoms with E-state index in [1.54, 1.807) is 18.2 Å². The van der Waals surface area contributed by atoms with Gasteiger partial charge in [0.1, 0.15) is 0 Å². The molecule has 1 aromatic heterocycles. The second-order valence-electron chi connectivity index (χ2n) is 5.96. The van der Waals surface area contributed by atoms with E-state index in [-0.39, 0.29) is 17.5 Å². The van der Waals surface area contributed by atoms with E-state index in [4.69, 9.17) is 0 Å². The first-order valence-electron chi connectivity index (χ1n) is 8.04. The minimum atomic E-state index is -0.266. The molecule has 1 fully saturated rings. The Morgan fingerprint density at radius 2 is 1.68 bits per heavy atom. The first-order valence-corrected chi connectivity index (χ1v) is 8.04. The molecule has 1 saturated carbocycles. The molecule has 0 unspecified atom stereocenters. The molecule has 1 amide bonds. The number of amides is 1. The van der Waals surface area contributed by atoms with Gasteiger partial charge in [-0.3, -0.25) is 9.59 Å². The van der Waals surface area contributed by atoms with E-state index in [1.165, 1.54) is 19.3 Å².